The van der Waals surface area contributed by atoms with Gasteiger partial charge in [-0.3, -0.25) is 4.79 Å². The second-order valence-electron chi connectivity index (χ2n) is 7.20. The van der Waals surface area contributed by atoms with Crippen LogP contribution >= 0.6 is 11.3 Å². The molecule has 1 N–H and O–H groups in total. The van der Waals surface area contributed by atoms with E-state index in [-0.39, 0.29) is 17.1 Å². The van der Waals surface area contributed by atoms with Crippen molar-refractivity contribution in [2.75, 3.05) is 24.8 Å². The predicted octanol–water partition coefficient (Wildman–Crippen LogP) is 3.32. The lowest BCUT2D eigenvalue weighted by molar-refractivity contribution is -0.119. The lowest BCUT2D eigenvalue weighted by atomic mass is 10.0. The largest absolute Gasteiger partial charge is 0.462 e. The summed E-state index contributed by atoms with van der Waals surface area (Å²) in [5, 5.41) is 4.74. The Morgan fingerprint density at radius 1 is 1.06 bits per heavy atom. The van der Waals surface area contributed by atoms with Gasteiger partial charge in [-0.1, -0.05) is 13.8 Å². The molecule has 2 aromatic rings. The summed E-state index contributed by atoms with van der Waals surface area (Å²) in [6.07, 6.45) is 1.71. The molecule has 0 fully saturated rings. The number of hydrogen-bond donors (Lipinski definition) is 1. The van der Waals surface area contributed by atoms with E-state index in [1.807, 2.05) is 13.8 Å². The van der Waals surface area contributed by atoms with Crippen LogP contribution in [-0.2, 0) is 30.5 Å². The molecule has 8 nitrogen and oxygen atoms in total. The minimum atomic E-state index is -3.38. The Hall–Kier alpha value is -2.72. The highest BCUT2D eigenvalue weighted by molar-refractivity contribution is 7.90. The number of rotatable bonds is 9. The first kappa shape index (κ1) is 24.5. The Morgan fingerprint density at radius 2 is 1.71 bits per heavy atom. The number of sulfone groups is 1. The van der Waals surface area contributed by atoms with E-state index in [1.54, 1.807) is 12.3 Å². The number of nitrogens with one attached hydrogen (secondary N) is 1. The summed E-state index contributed by atoms with van der Waals surface area (Å²) in [7, 11) is -3.38. The number of ether oxygens (including phenoxy) is 2. The Morgan fingerprint density at radius 3 is 2.26 bits per heavy atom. The van der Waals surface area contributed by atoms with E-state index >= 15 is 0 Å². The topological polar surface area (TPSA) is 116 Å². The maximum absolute atomic E-state index is 12.4. The zero-order valence-electron chi connectivity index (χ0n) is 17.8. The summed E-state index contributed by atoms with van der Waals surface area (Å²) in [5.41, 5.74) is 1.22. The van der Waals surface area contributed by atoms with Crippen LogP contribution in [0.2, 0.25) is 0 Å². The van der Waals surface area contributed by atoms with Crippen molar-refractivity contribution in [2.45, 2.75) is 32.1 Å². The van der Waals surface area contributed by atoms with Gasteiger partial charge in [0.1, 0.15) is 5.00 Å². The smallest absolute Gasteiger partial charge is 0.341 e. The van der Waals surface area contributed by atoms with Gasteiger partial charge in [-0.25, -0.2) is 18.0 Å². The third-order valence-electron chi connectivity index (χ3n) is 4.08. The minimum absolute atomic E-state index is 0.0724. The van der Waals surface area contributed by atoms with E-state index in [1.165, 1.54) is 35.6 Å². The molecule has 0 aliphatic rings. The van der Waals surface area contributed by atoms with Crippen LogP contribution in [0.3, 0.4) is 0 Å². The highest BCUT2D eigenvalue weighted by Crippen LogP contribution is 2.31. The molecular weight excluding hydrogens is 442 g/mol. The van der Waals surface area contributed by atoms with Gasteiger partial charge in [-0.2, -0.15) is 0 Å². The number of anilines is 1. The van der Waals surface area contributed by atoms with Crippen LogP contribution in [0.15, 0.2) is 34.5 Å². The molecular formula is C21H25NO7S2. The van der Waals surface area contributed by atoms with E-state index in [0.717, 1.165) is 11.8 Å². The van der Waals surface area contributed by atoms with Gasteiger partial charge < -0.3 is 14.8 Å². The van der Waals surface area contributed by atoms with Crippen molar-refractivity contribution in [3.05, 3.63) is 46.3 Å². The van der Waals surface area contributed by atoms with Crippen LogP contribution in [0.1, 0.15) is 47.1 Å². The molecule has 1 amide bonds. The molecule has 168 valence electrons. The summed E-state index contributed by atoms with van der Waals surface area (Å²) >= 11 is 1.21. The van der Waals surface area contributed by atoms with Gasteiger partial charge in [0.2, 0.25) is 0 Å². The van der Waals surface area contributed by atoms with Crippen LogP contribution in [0, 0.1) is 5.92 Å². The van der Waals surface area contributed by atoms with Crippen LogP contribution < -0.4 is 5.32 Å². The standard InChI is InChI=1S/C21H25NO7S2/c1-5-28-21(25)18-15(10-13(2)3)12-30-19(18)22-17(23)11-29-20(24)14-6-8-16(9-7-14)31(4,26)27/h6-9,12-13H,5,10-11H2,1-4H3,(H,22,23). The monoisotopic (exact) mass is 467 g/mol. The van der Waals surface area contributed by atoms with E-state index < -0.39 is 34.3 Å². The highest BCUT2D eigenvalue weighted by Gasteiger charge is 2.22. The fourth-order valence-corrected chi connectivity index (χ4v) is 4.33. The average Bonchev–Trinajstić information content (AvgIpc) is 3.07. The summed E-state index contributed by atoms with van der Waals surface area (Å²) in [6, 6.07) is 5.21. The number of esters is 2. The number of hydrogen-bond acceptors (Lipinski definition) is 8. The van der Waals surface area contributed by atoms with Gasteiger partial charge >= 0.3 is 11.9 Å². The third-order valence-corrected chi connectivity index (χ3v) is 6.15. The fourth-order valence-electron chi connectivity index (χ4n) is 2.72. The second kappa shape index (κ2) is 10.5. The molecule has 0 unspecified atom stereocenters. The maximum Gasteiger partial charge on any atom is 0.341 e. The molecule has 0 atom stereocenters. The molecule has 1 aromatic heterocycles. The molecule has 1 aromatic carbocycles. The third kappa shape index (κ3) is 6.90. The molecule has 0 bridgehead atoms. The lowest BCUT2D eigenvalue weighted by Crippen LogP contribution is -2.22. The molecule has 0 spiro atoms. The summed E-state index contributed by atoms with van der Waals surface area (Å²) in [5.74, 6) is -1.59. The molecule has 1 heterocycles. The molecule has 0 radical (unpaired) electrons. The Bertz CT molecular complexity index is 1050. The average molecular weight is 468 g/mol. The molecule has 0 saturated carbocycles. The van der Waals surface area contributed by atoms with E-state index in [0.29, 0.717) is 22.9 Å². The fraction of sp³-hybridized carbons (Fsp3) is 0.381. The van der Waals surface area contributed by atoms with Crippen molar-refractivity contribution in [1.29, 1.82) is 0 Å². The predicted molar refractivity (Wildman–Crippen MR) is 117 cm³/mol. The molecule has 0 aliphatic carbocycles. The summed E-state index contributed by atoms with van der Waals surface area (Å²) in [4.78, 5) is 36.8. The van der Waals surface area contributed by atoms with Gasteiger partial charge in [0.25, 0.3) is 5.91 Å². The van der Waals surface area contributed by atoms with Crippen LogP contribution in [0.5, 0.6) is 0 Å². The zero-order chi connectivity index (χ0) is 23.2. The number of thiophene rings is 1. The van der Waals surface area contributed by atoms with Gasteiger partial charge in [0, 0.05) is 6.26 Å². The first-order valence-corrected chi connectivity index (χ1v) is 12.3. The second-order valence-corrected chi connectivity index (χ2v) is 10.1. The molecule has 2 rings (SSSR count). The lowest BCUT2D eigenvalue weighted by Gasteiger charge is -2.10. The quantitative estimate of drug-likeness (QED) is 0.562. The highest BCUT2D eigenvalue weighted by atomic mass is 32.2. The van der Waals surface area contributed by atoms with E-state index in [9.17, 15) is 22.8 Å². The first-order chi connectivity index (χ1) is 14.5. The van der Waals surface area contributed by atoms with Crippen LogP contribution in [0.4, 0.5) is 5.00 Å². The molecule has 0 saturated heterocycles. The normalized spacial score (nSPS) is 11.3. The van der Waals surface area contributed by atoms with Gasteiger partial charge in [-0.05, 0) is 54.5 Å². The van der Waals surface area contributed by atoms with Gasteiger partial charge in [0.15, 0.2) is 16.4 Å². The van der Waals surface area contributed by atoms with E-state index in [2.05, 4.69) is 5.32 Å². The number of benzene rings is 1. The van der Waals surface area contributed by atoms with E-state index in [4.69, 9.17) is 9.47 Å². The number of amides is 1. The zero-order valence-corrected chi connectivity index (χ0v) is 19.4. The number of carbonyl (C=O) groups is 3. The van der Waals surface area contributed by atoms with Crippen molar-refractivity contribution >= 4 is 44.0 Å². The van der Waals surface area contributed by atoms with Crippen molar-refractivity contribution in [3.63, 3.8) is 0 Å². The Labute approximate surface area is 185 Å². The molecule has 31 heavy (non-hydrogen) atoms. The summed E-state index contributed by atoms with van der Waals surface area (Å²) < 4.78 is 33.1. The molecule has 10 heteroatoms. The van der Waals surface area contributed by atoms with Gasteiger partial charge in [-0.15, -0.1) is 11.3 Å². The molecule has 0 aliphatic heterocycles. The number of carbonyl (C=O) groups excluding carboxylic acids is 3. The van der Waals surface area contributed by atoms with Crippen molar-refractivity contribution in [3.8, 4) is 0 Å². The van der Waals surface area contributed by atoms with Crippen molar-refractivity contribution in [2.24, 2.45) is 5.92 Å². The van der Waals surface area contributed by atoms with Crippen molar-refractivity contribution < 1.29 is 32.3 Å². The first-order valence-electron chi connectivity index (χ1n) is 9.57. The minimum Gasteiger partial charge on any atom is -0.462 e. The van der Waals surface area contributed by atoms with Crippen LogP contribution in [0.25, 0.3) is 0 Å². The van der Waals surface area contributed by atoms with Crippen molar-refractivity contribution in [1.82, 2.24) is 0 Å². The Kier molecular flexibility index (Phi) is 8.35. The maximum atomic E-state index is 12.4. The summed E-state index contributed by atoms with van der Waals surface area (Å²) in [6.45, 7) is 5.39. The SMILES string of the molecule is CCOC(=O)c1c(CC(C)C)csc1NC(=O)COC(=O)c1ccc(S(C)(=O)=O)cc1. The van der Waals surface area contributed by atoms with Crippen LogP contribution in [-0.4, -0.2) is 45.7 Å². The Balaban J connectivity index is 2.04. The van der Waals surface area contributed by atoms with Gasteiger partial charge in [0.05, 0.1) is 22.6 Å².